The van der Waals surface area contributed by atoms with Crippen molar-refractivity contribution in [2.24, 2.45) is 0 Å². The third kappa shape index (κ3) is 4.19. The van der Waals surface area contributed by atoms with Gasteiger partial charge in [0, 0.05) is 11.1 Å². The van der Waals surface area contributed by atoms with Gasteiger partial charge < -0.3 is 9.15 Å². The number of aromatic nitrogens is 1. The highest BCUT2D eigenvalue weighted by molar-refractivity contribution is 5.79. The third-order valence-electron chi connectivity index (χ3n) is 4.51. The lowest BCUT2D eigenvalue weighted by Crippen LogP contribution is -2.22. The van der Waals surface area contributed by atoms with Gasteiger partial charge in [-0.05, 0) is 5.56 Å². The summed E-state index contributed by atoms with van der Waals surface area (Å²) in [6, 6.07) is 28.2. The summed E-state index contributed by atoms with van der Waals surface area (Å²) in [7, 11) is 0. The van der Waals surface area contributed by atoms with Gasteiger partial charge in [-0.1, -0.05) is 91.0 Å². The van der Waals surface area contributed by atoms with Crippen LogP contribution in [0.4, 0.5) is 0 Å². The van der Waals surface area contributed by atoms with Crippen molar-refractivity contribution in [3.63, 3.8) is 0 Å². The van der Waals surface area contributed by atoms with Crippen LogP contribution < -0.4 is 5.76 Å². The zero-order valence-electron chi connectivity index (χ0n) is 15.7. The van der Waals surface area contributed by atoms with Crippen molar-refractivity contribution in [2.45, 2.75) is 13.2 Å². The van der Waals surface area contributed by atoms with Gasteiger partial charge in [0.1, 0.15) is 13.2 Å². The first-order valence-electron chi connectivity index (χ1n) is 9.26. The van der Waals surface area contributed by atoms with Gasteiger partial charge in [-0.3, -0.25) is 9.36 Å². The van der Waals surface area contributed by atoms with Gasteiger partial charge in [0.2, 0.25) is 0 Å². The van der Waals surface area contributed by atoms with E-state index in [1.807, 2.05) is 91.0 Å². The summed E-state index contributed by atoms with van der Waals surface area (Å²) in [6.45, 7) is -0.0787. The maximum absolute atomic E-state index is 12.6. The number of carbonyl (C=O) groups excluding carboxylic acids is 1. The zero-order chi connectivity index (χ0) is 20.1. The molecule has 5 heteroatoms. The van der Waals surface area contributed by atoms with Crippen LogP contribution in [0.5, 0.6) is 0 Å². The second-order valence-electron chi connectivity index (χ2n) is 6.51. The quantitative estimate of drug-likeness (QED) is 0.458. The summed E-state index contributed by atoms with van der Waals surface area (Å²) in [5.41, 5.74) is 2.99. The Labute approximate surface area is 167 Å². The molecule has 5 nitrogen and oxygen atoms in total. The number of carbonyl (C=O) groups is 1. The van der Waals surface area contributed by atoms with E-state index in [0.717, 1.165) is 16.7 Å². The Morgan fingerprint density at radius 3 is 1.97 bits per heavy atom. The Bertz CT molecular complexity index is 1150. The summed E-state index contributed by atoms with van der Waals surface area (Å²) in [4.78, 5) is 25.0. The Hall–Kier alpha value is -3.86. The Balaban J connectivity index is 1.67. The van der Waals surface area contributed by atoms with Crippen LogP contribution in [-0.2, 0) is 22.7 Å². The van der Waals surface area contributed by atoms with E-state index in [4.69, 9.17) is 9.15 Å². The number of esters is 1. The van der Waals surface area contributed by atoms with Gasteiger partial charge in [0.05, 0.1) is 5.69 Å². The molecule has 0 aliphatic heterocycles. The minimum Gasteiger partial charge on any atom is -0.459 e. The summed E-state index contributed by atoms with van der Waals surface area (Å²) >= 11 is 0. The van der Waals surface area contributed by atoms with Crippen molar-refractivity contribution in [1.82, 2.24) is 4.57 Å². The Morgan fingerprint density at radius 2 is 1.34 bits per heavy atom. The molecule has 0 spiro atoms. The molecule has 144 valence electrons. The van der Waals surface area contributed by atoms with E-state index < -0.39 is 11.7 Å². The predicted octanol–water partition coefficient (Wildman–Crippen LogP) is 4.52. The first-order valence-corrected chi connectivity index (χ1v) is 9.26. The number of hydrogen-bond donors (Lipinski definition) is 0. The fourth-order valence-corrected chi connectivity index (χ4v) is 3.13. The molecule has 0 N–H and O–H groups in total. The van der Waals surface area contributed by atoms with Crippen LogP contribution in [-0.4, -0.2) is 10.5 Å². The third-order valence-corrected chi connectivity index (χ3v) is 4.51. The zero-order valence-corrected chi connectivity index (χ0v) is 15.7. The van der Waals surface area contributed by atoms with E-state index in [1.54, 1.807) is 0 Å². The minimum absolute atomic E-state index is 0.151. The molecule has 0 saturated heterocycles. The summed E-state index contributed by atoms with van der Waals surface area (Å²) < 4.78 is 12.2. The van der Waals surface area contributed by atoms with E-state index in [9.17, 15) is 9.59 Å². The molecule has 1 heterocycles. The van der Waals surface area contributed by atoms with Gasteiger partial charge in [0.25, 0.3) is 0 Å². The van der Waals surface area contributed by atoms with Crippen LogP contribution in [0.3, 0.4) is 0 Å². The van der Waals surface area contributed by atoms with Crippen LogP contribution in [0.15, 0.2) is 100 Å². The van der Waals surface area contributed by atoms with Crippen LogP contribution in [0, 0.1) is 0 Å². The van der Waals surface area contributed by atoms with Crippen molar-refractivity contribution in [3.05, 3.63) is 107 Å². The molecule has 29 heavy (non-hydrogen) atoms. The van der Waals surface area contributed by atoms with Crippen LogP contribution in [0.1, 0.15) is 5.56 Å². The second-order valence-corrected chi connectivity index (χ2v) is 6.51. The highest BCUT2D eigenvalue weighted by Gasteiger charge is 2.22. The lowest BCUT2D eigenvalue weighted by atomic mass is 10.1. The van der Waals surface area contributed by atoms with Gasteiger partial charge in [-0.15, -0.1) is 0 Å². The SMILES string of the molecule is O=C(Cn1c(-c2ccccc2)c(-c2ccccc2)oc1=O)OCc1ccccc1. The van der Waals surface area contributed by atoms with Gasteiger partial charge in [-0.25, -0.2) is 4.79 Å². The molecule has 0 unspecified atom stereocenters. The Kier molecular flexibility index (Phi) is 5.38. The lowest BCUT2D eigenvalue weighted by molar-refractivity contribution is -0.145. The van der Waals surface area contributed by atoms with E-state index >= 15 is 0 Å². The monoisotopic (exact) mass is 385 g/mol. The standard InChI is InChI=1S/C24H19NO4/c26-21(28-17-18-10-4-1-5-11-18)16-25-22(19-12-6-2-7-13-19)23(29-24(25)27)20-14-8-3-9-15-20/h1-15H,16-17H2. The topological polar surface area (TPSA) is 61.4 Å². The summed E-state index contributed by atoms with van der Waals surface area (Å²) in [6.07, 6.45) is 0. The summed E-state index contributed by atoms with van der Waals surface area (Å²) in [5, 5.41) is 0. The van der Waals surface area contributed by atoms with Crippen molar-refractivity contribution >= 4 is 5.97 Å². The van der Waals surface area contributed by atoms with Crippen molar-refractivity contribution in [1.29, 1.82) is 0 Å². The molecule has 4 aromatic rings. The number of nitrogens with zero attached hydrogens (tertiary/aromatic N) is 1. The fraction of sp³-hybridized carbons (Fsp3) is 0.0833. The number of rotatable bonds is 6. The molecule has 0 saturated carbocycles. The normalized spacial score (nSPS) is 10.6. The first kappa shape index (κ1) is 18.5. The highest BCUT2D eigenvalue weighted by atomic mass is 16.5. The molecule has 1 aromatic heterocycles. The van der Waals surface area contributed by atoms with Gasteiger partial charge in [0.15, 0.2) is 5.76 Å². The van der Waals surface area contributed by atoms with Crippen molar-refractivity contribution < 1.29 is 13.9 Å². The molecule has 0 aliphatic rings. The number of ether oxygens (including phenoxy) is 1. The number of benzene rings is 3. The average molecular weight is 385 g/mol. The molecule has 0 fully saturated rings. The molecule has 4 rings (SSSR count). The van der Waals surface area contributed by atoms with E-state index in [-0.39, 0.29) is 13.2 Å². The molecule has 0 atom stereocenters. The van der Waals surface area contributed by atoms with Crippen molar-refractivity contribution in [2.75, 3.05) is 0 Å². The van der Waals surface area contributed by atoms with Crippen molar-refractivity contribution in [3.8, 4) is 22.6 Å². The molecule has 3 aromatic carbocycles. The van der Waals surface area contributed by atoms with Crippen LogP contribution in [0.25, 0.3) is 22.6 Å². The minimum atomic E-state index is -0.598. The fourth-order valence-electron chi connectivity index (χ4n) is 3.13. The number of hydrogen-bond acceptors (Lipinski definition) is 4. The van der Waals surface area contributed by atoms with E-state index in [2.05, 4.69) is 0 Å². The maximum atomic E-state index is 12.6. The second kappa shape index (κ2) is 8.44. The Morgan fingerprint density at radius 1 is 0.793 bits per heavy atom. The van der Waals surface area contributed by atoms with E-state index in [0.29, 0.717) is 11.5 Å². The van der Waals surface area contributed by atoms with E-state index in [1.165, 1.54) is 4.57 Å². The lowest BCUT2D eigenvalue weighted by Gasteiger charge is -2.09. The summed E-state index contributed by atoms with van der Waals surface area (Å²) in [5.74, 6) is -0.675. The molecule has 0 amide bonds. The number of oxazole rings is 1. The van der Waals surface area contributed by atoms with Crippen LogP contribution >= 0.6 is 0 Å². The van der Waals surface area contributed by atoms with Crippen LogP contribution in [0.2, 0.25) is 0 Å². The first-order chi connectivity index (χ1) is 14.2. The molecule has 0 radical (unpaired) electrons. The predicted molar refractivity (Wildman–Crippen MR) is 110 cm³/mol. The largest absolute Gasteiger partial charge is 0.459 e. The highest BCUT2D eigenvalue weighted by Crippen LogP contribution is 2.31. The molecular formula is C24H19NO4. The maximum Gasteiger partial charge on any atom is 0.420 e. The molecule has 0 bridgehead atoms. The average Bonchev–Trinajstić information content (AvgIpc) is 3.10. The molecule has 0 aliphatic carbocycles. The van der Waals surface area contributed by atoms with Gasteiger partial charge in [-0.2, -0.15) is 0 Å². The van der Waals surface area contributed by atoms with Gasteiger partial charge >= 0.3 is 11.7 Å². The molecular weight excluding hydrogens is 366 g/mol. The smallest absolute Gasteiger partial charge is 0.420 e.